The summed E-state index contributed by atoms with van der Waals surface area (Å²) in [5, 5.41) is 12.9. The van der Waals surface area contributed by atoms with E-state index < -0.39 is 12.0 Å². The highest BCUT2D eigenvalue weighted by Crippen LogP contribution is 2.13. The van der Waals surface area contributed by atoms with Crippen LogP contribution in [0.15, 0.2) is 36.4 Å². The number of aromatic nitrogens is 1. The zero-order chi connectivity index (χ0) is 16.1. The van der Waals surface area contributed by atoms with Gasteiger partial charge in [0.15, 0.2) is 0 Å². The molecule has 0 saturated carbocycles. The molecule has 0 radical (unpaired) electrons. The van der Waals surface area contributed by atoms with Crippen molar-refractivity contribution < 1.29 is 14.7 Å². The first-order valence-electron chi connectivity index (χ1n) is 7.32. The number of aliphatic carboxylic acids is 1. The lowest BCUT2D eigenvalue weighted by Crippen LogP contribution is -2.42. The van der Waals surface area contributed by atoms with E-state index in [-0.39, 0.29) is 18.2 Å². The molecule has 0 aliphatic rings. The number of pyridine rings is 1. The van der Waals surface area contributed by atoms with Crippen molar-refractivity contribution in [2.45, 2.75) is 32.7 Å². The molecule has 2 N–H and O–H groups in total. The summed E-state index contributed by atoms with van der Waals surface area (Å²) in [5.41, 5.74) is 1.47. The molecule has 5 heteroatoms. The Hall–Kier alpha value is -2.43. The molecular weight excluding hydrogens is 280 g/mol. The van der Waals surface area contributed by atoms with Gasteiger partial charge in [-0.3, -0.25) is 9.78 Å². The average molecular weight is 300 g/mol. The van der Waals surface area contributed by atoms with E-state index >= 15 is 0 Å². The summed E-state index contributed by atoms with van der Waals surface area (Å²) in [7, 11) is 0. The van der Waals surface area contributed by atoms with Crippen LogP contribution in [0.1, 0.15) is 26.0 Å². The van der Waals surface area contributed by atoms with Crippen LogP contribution < -0.4 is 5.32 Å². The highest BCUT2D eigenvalue weighted by Gasteiger charge is 2.21. The molecule has 0 fully saturated rings. The molecule has 0 aliphatic carbocycles. The Morgan fingerprint density at radius 2 is 1.91 bits per heavy atom. The second-order valence-corrected chi connectivity index (χ2v) is 5.76. The second kappa shape index (κ2) is 7.02. The van der Waals surface area contributed by atoms with Crippen LogP contribution >= 0.6 is 0 Å². The topological polar surface area (TPSA) is 79.3 Å². The fraction of sp³-hybridized carbons (Fsp3) is 0.353. The maximum Gasteiger partial charge on any atom is 0.326 e. The van der Waals surface area contributed by atoms with E-state index in [1.54, 1.807) is 6.07 Å². The van der Waals surface area contributed by atoms with Gasteiger partial charge in [-0.05, 0) is 18.1 Å². The van der Waals surface area contributed by atoms with Crippen LogP contribution in [0.4, 0.5) is 0 Å². The van der Waals surface area contributed by atoms with Crippen molar-refractivity contribution in [3.8, 4) is 0 Å². The number of hydrogen-bond donors (Lipinski definition) is 2. The Kier molecular flexibility index (Phi) is 5.09. The first-order chi connectivity index (χ1) is 10.5. The number of carboxylic acids is 1. The third-order valence-corrected chi connectivity index (χ3v) is 3.30. The number of nitrogens with zero attached hydrogens (tertiary/aromatic N) is 1. The highest BCUT2D eigenvalue weighted by atomic mass is 16.4. The Balaban J connectivity index is 2.12. The zero-order valence-corrected chi connectivity index (χ0v) is 12.7. The molecule has 0 saturated heterocycles. The Morgan fingerprint density at radius 3 is 2.59 bits per heavy atom. The molecule has 116 valence electrons. The fourth-order valence-corrected chi connectivity index (χ4v) is 2.26. The van der Waals surface area contributed by atoms with Gasteiger partial charge < -0.3 is 10.4 Å². The number of carbonyl (C=O) groups excluding carboxylic acids is 1. The van der Waals surface area contributed by atoms with Crippen molar-refractivity contribution in [1.82, 2.24) is 10.3 Å². The summed E-state index contributed by atoms with van der Waals surface area (Å²) in [6, 6.07) is 10.4. The summed E-state index contributed by atoms with van der Waals surface area (Å²) in [6.07, 6.45) is 0.485. The van der Waals surface area contributed by atoms with Gasteiger partial charge in [-0.15, -0.1) is 0 Å². The standard InChI is InChI=1S/C17H20N2O3/c1-11(2)9-16(20)19-15(17(21)22)10-13-8-7-12-5-3-4-6-14(12)18-13/h3-8,11,15H,9-10H2,1-2H3,(H,19,20)(H,21,22)/t15-/m0/s1. The minimum Gasteiger partial charge on any atom is -0.480 e. The molecule has 0 unspecified atom stereocenters. The molecule has 2 rings (SSSR count). The lowest BCUT2D eigenvalue weighted by molar-refractivity contribution is -0.141. The van der Waals surface area contributed by atoms with Crippen molar-refractivity contribution in [1.29, 1.82) is 0 Å². The van der Waals surface area contributed by atoms with Gasteiger partial charge in [0.25, 0.3) is 0 Å². The minimum atomic E-state index is -1.05. The van der Waals surface area contributed by atoms with Crippen molar-refractivity contribution in [3.05, 3.63) is 42.1 Å². The number of hydrogen-bond acceptors (Lipinski definition) is 3. The number of fused-ring (bicyclic) bond motifs is 1. The third-order valence-electron chi connectivity index (χ3n) is 3.30. The zero-order valence-electron chi connectivity index (χ0n) is 12.7. The molecule has 1 amide bonds. The van der Waals surface area contributed by atoms with Crippen LogP contribution in [-0.2, 0) is 16.0 Å². The molecule has 1 heterocycles. The van der Waals surface area contributed by atoms with Crippen LogP contribution in [0.25, 0.3) is 10.9 Å². The molecule has 5 nitrogen and oxygen atoms in total. The van der Waals surface area contributed by atoms with E-state index in [1.165, 1.54) is 0 Å². The minimum absolute atomic E-state index is 0.171. The maximum absolute atomic E-state index is 11.8. The van der Waals surface area contributed by atoms with Gasteiger partial charge in [0.2, 0.25) is 5.91 Å². The SMILES string of the molecule is CC(C)CC(=O)N[C@@H](Cc1ccc2ccccc2n1)C(=O)O. The monoisotopic (exact) mass is 300 g/mol. The first kappa shape index (κ1) is 15.9. The molecule has 1 atom stereocenters. The third kappa shape index (κ3) is 4.28. The molecule has 1 aromatic heterocycles. The fourth-order valence-electron chi connectivity index (χ4n) is 2.26. The number of nitrogens with one attached hydrogen (secondary N) is 1. The smallest absolute Gasteiger partial charge is 0.326 e. The predicted octanol–water partition coefficient (Wildman–Crippen LogP) is 2.39. The first-order valence-corrected chi connectivity index (χ1v) is 7.32. The lowest BCUT2D eigenvalue weighted by Gasteiger charge is -2.15. The number of amides is 1. The maximum atomic E-state index is 11.8. The van der Waals surface area contributed by atoms with Gasteiger partial charge >= 0.3 is 5.97 Å². The summed E-state index contributed by atoms with van der Waals surface area (Å²) in [4.78, 5) is 27.6. The summed E-state index contributed by atoms with van der Waals surface area (Å²) >= 11 is 0. The number of rotatable bonds is 6. The second-order valence-electron chi connectivity index (χ2n) is 5.76. The quantitative estimate of drug-likeness (QED) is 0.858. The van der Waals surface area contributed by atoms with E-state index in [9.17, 15) is 14.7 Å². The Morgan fingerprint density at radius 1 is 1.18 bits per heavy atom. The van der Waals surface area contributed by atoms with Crippen molar-refractivity contribution in [3.63, 3.8) is 0 Å². The number of benzene rings is 1. The number of para-hydroxylation sites is 1. The normalized spacial score (nSPS) is 12.3. The van der Waals surface area contributed by atoms with E-state index in [4.69, 9.17) is 0 Å². The largest absolute Gasteiger partial charge is 0.480 e. The molecule has 2 aromatic rings. The predicted molar refractivity (Wildman–Crippen MR) is 84.5 cm³/mol. The summed E-state index contributed by atoms with van der Waals surface area (Å²) in [6.45, 7) is 3.83. The molecule has 0 spiro atoms. The lowest BCUT2D eigenvalue weighted by atomic mass is 10.1. The summed E-state index contributed by atoms with van der Waals surface area (Å²) in [5.74, 6) is -1.11. The van der Waals surface area contributed by atoms with E-state index in [0.29, 0.717) is 12.1 Å². The van der Waals surface area contributed by atoms with Crippen LogP contribution in [0.5, 0.6) is 0 Å². The summed E-state index contributed by atoms with van der Waals surface area (Å²) < 4.78 is 0. The van der Waals surface area contributed by atoms with Gasteiger partial charge in [0.1, 0.15) is 6.04 Å². The van der Waals surface area contributed by atoms with Crippen LogP contribution in [0.2, 0.25) is 0 Å². The van der Waals surface area contributed by atoms with E-state index in [2.05, 4.69) is 10.3 Å². The van der Waals surface area contributed by atoms with Gasteiger partial charge in [-0.25, -0.2) is 4.79 Å². The van der Waals surface area contributed by atoms with Gasteiger partial charge in [0.05, 0.1) is 5.52 Å². The number of carboxylic acid groups (broad SMARTS) is 1. The van der Waals surface area contributed by atoms with Crippen LogP contribution in [0, 0.1) is 5.92 Å². The van der Waals surface area contributed by atoms with Gasteiger partial charge in [-0.1, -0.05) is 38.1 Å². The Labute approximate surface area is 129 Å². The van der Waals surface area contributed by atoms with Gasteiger partial charge in [0, 0.05) is 23.9 Å². The van der Waals surface area contributed by atoms with Crippen molar-refractivity contribution in [2.24, 2.45) is 5.92 Å². The van der Waals surface area contributed by atoms with Crippen molar-refractivity contribution >= 4 is 22.8 Å². The highest BCUT2D eigenvalue weighted by molar-refractivity contribution is 5.84. The van der Waals surface area contributed by atoms with Crippen molar-refractivity contribution in [2.75, 3.05) is 0 Å². The molecule has 1 aromatic carbocycles. The van der Waals surface area contributed by atoms with E-state index in [1.807, 2.05) is 44.2 Å². The average Bonchev–Trinajstić information content (AvgIpc) is 2.45. The molecule has 0 aliphatic heterocycles. The Bertz CT molecular complexity index is 682. The van der Waals surface area contributed by atoms with Crippen LogP contribution in [-0.4, -0.2) is 28.0 Å². The molecule has 0 bridgehead atoms. The number of carbonyl (C=O) groups is 2. The van der Waals surface area contributed by atoms with Gasteiger partial charge in [-0.2, -0.15) is 0 Å². The molecule has 22 heavy (non-hydrogen) atoms. The van der Waals surface area contributed by atoms with Crippen LogP contribution in [0.3, 0.4) is 0 Å². The molecular formula is C17H20N2O3. The van der Waals surface area contributed by atoms with E-state index in [0.717, 1.165) is 10.9 Å².